The van der Waals surface area contributed by atoms with Crippen LogP contribution in [0.15, 0.2) is 65.2 Å². The van der Waals surface area contributed by atoms with Crippen LogP contribution in [0.1, 0.15) is 25.8 Å². The Kier molecular flexibility index (Phi) is 21.3. The predicted octanol–water partition coefficient (Wildman–Crippen LogP) is 2.82. The molecule has 37 heavy (non-hydrogen) atoms. The number of amides is 1. The maximum absolute atomic E-state index is 12.9. The number of halogens is 1. The molecule has 2 aromatic rings. The topological polar surface area (TPSA) is 150 Å². The van der Waals surface area contributed by atoms with Gasteiger partial charge in [-0.05, 0) is 42.0 Å². The summed E-state index contributed by atoms with van der Waals surface area (Å²) in [4.78, 5) is 15.7. The summed E-state index contributed by atoms with van der Waals surface area (Å²) < 4.78 is 27.9. The summed E-state index contributed by atoms with van der Waals surface area (Å²) in [7, 11) is 0. The van der Waals surface area contributed by atoms with Crippen molar-refractivity contribution < 1.29 is 33.6 Å². The Morgan fingerprint density at radius 1 is 0.838 bits per heavy atom. The van der Waals surface area contributed by atoms with Crippen molar-refractivity contribution in [3.8, 4) is 0 Å². The molecule has 0 saturated carbocycles. The third-order valence-electron chi connectivity index (χ3n) is 4.03. The monoisotopic (exact) mass is 521 g/mol. The van der Waals surface area contributed by atoms with Gasteiger partial charge < -0.3 is 35.9 Å². The molecule has 6 N–H and O–H groups in total. The molecule has 0 unspecified atom stereocenters. The van der Waals surface area contributed by atoms with E-state index in [9.17, 15) is 9.18 Å². The van der Waals surface area contributed by atoms with Gasteiger partial charge in [-0.3, -0.25) is 9.79 Å². The molecule has 0 atom stereocenters. The van der Waals surface area contributed by atoms with Crippen LogP contribution in [0.25, 0.3) is 5.70 Å². The van der Waals surface area contributed by atoms with Crippen molar-refractivity contribution in [2.24, 2.45) is 16.5 Å². The van der Waals surface area contributed by atoms with Gasteiger partial charge in [0.15, 0.2) is 0 Å². The number of aliphatic hydroxyl groups is 2. The van der Waals surface area contributed by atoms with E-state index >= 15 is 0 Å². The van der Waals surface area contributed by atoms with E-state index in [0.29, 0.717) is 50.9 Å². The van der Waals surface area contributed by atoms with Gasteiger partial charge in [0.1, 0.15) is 5.82 Å². The normalized spacial score (nSPS) is 11.2. The van der Waals surface area contributed by atoms with Gasteiger partial charge in [0, 0.05) is 6.21 Å². The number of carbonyl (C=O) groups is 1. The van der Waals surface area contributed by atoms with Gasteiger partial charge >= 0.3 is 0 Å². The quantitative estimate of drug-likeness (QED) is 0.170. The molecular weight excluding hydrogens is 481 g/mol. The summed E-state index contributed by atoms with van der Waals surface area (Å²) >= 11 is 0. The van der Waals surface area contributed by atoms with Crippen LogP contribution in [0.4, 0.5) is 10.1 Å². The van der Waals surface area contributed by atoms with Crippen molar-refractivity contribution in [3.05, 3.63) is 71.6 Å². The number of nitrogens with zero attached hydrogens (tertiary/aromatic N) is 1. The zero-order valence-corrected chi connectivity index (χ0v) is 21.6. The molecule has 0 radical (unpaired) electrons. The molecule has 2 aromatic carbocycles. The van der Waals surface area contributed by atoms with Crippen molar-refractivity contribution in [1.82, 2.24) is 0 Å². The Morgan fingerprint density at radius 2 is 1.30 bits per heavy atom. The van der Waals surface area contributed by atoms with Crippen molar-refractivity contribution in [3.63, 3.8) is 0 Å². The van der Waals surface area contributed by atoms with Gasteiger partial charge in [-0.15, -0.1) is 0 Å². The number of ether oxygens (including phenoxy) is 3. The molecule has 0 bridgehead atoms. The number of hydrogen-bond donors (Lipinski definition) is 4. The molecule has 10 heteroatoms. The first-order valence-electron chi connectivity index (χ1n) is 12.0. The second kappa shape index (κ2) is 23.3. The first-order valence-corrected chi connectivity index (χ1v) is 12.0. The number of carbonyl (C=O) groups excluding carboxylic acids is 1. The van der Waals surface area contributed by atoms with Crippen LogP contribution in [-0.4, -0.2) is 75.2 Å². The molecule has 9 nitrogen and oxygen atoms in total. The maximum atomic E-state index is 12.9. The SMILES string of the molecule is CCC.NC(=O)/C(C=Nc1ccccc1)=C(/N)c1ccc(F)cc1.OCCOCCOCCOCCO. The Balaban J connectivity index is 0.000000696. The van der Waals surface area contributed by atoms with Gasteiger partial charge in [-0.25, -0.2) is 4.39 Å². The summed E-state index contributed by atoms with van der Waals surface area (Å²) in [6, 6.07) is 14.5. The van der Waals surface area contributed by atoms with Gasteiger partial charge in [0.2, 0.25) is 0 Å². The van der Waals surface area contributed by atoms with Crippen LogP contribution in [0.2, 0.25) is 0 Å². The van der Waals surface area contributed by atoms with Gasteiger partial charge in [-0.1, -0.05) is 38.5 Å². The summed E-state index contributed by atoms with van der Waals surface area (Å²) in [6.07, 6.45) is 2.57. The lowest BCUT2D eigenvalue weighted by molar-refractivity contribution is -0.114. The van der Waals surface area contributed by atoms with Crippen molar-refractivity contribution in [2.45, 2.75) is 20.3 Å². The number of nitrogens with two attached hydrogens (primary N) is 2. The lowest BCUT2D eigenvalue weighted by atomic mass is 10.1. The number of rotatable bonds is 14. The highest BCUT2D eigenvalue weighted by atomic mass is 19.1. The van der Waals surface area contributed by atoms with Crippen molar-refractivity contribution >= 4 is 23.5 Å². The highest BCUT2D eigenvalue weighted by Crippen LogP contribution is 2.15. The molecule has 0 aliphatic heterocycles. The smallest absolute Gasteiger partial charge is 0.252 e. The first kappa shape index (κ1) is 33.8. The van der Waals surface area contributed by atoms with Crippen LogP contribution in [-0.2, 0) is 19.0 Å². The number of aliphatic imine (C=N–C) groups is 1. The highest BCUT2D eigenvalue weighted by molar-refractivity contribution is 6.17. The fraction of sp³-hybridized carbons (Fsp3) is 0.407. The molecule has 1 amide bonds. The van der Waals surface area contributed by atoms with Crippen LogP contribution in [0.3, 0.4) is 0 Å². The summed E-state index contributed by atoms with van der Waals surface area (Å²) in [5.41, 5.74) is 12.6. The zero-order chi connectivity index (χ0) is 27.7. The third-order valence-corrected chi connectivity index (χ3v) is 4.03. The van der Waals surface area contributed by atoms with Crippen LogP contribution >= 0.6 is 0 Å². The van der Waals surface area contributed by atoms with E-state index in [-0.39, 0.29) is 30.3 Å². The number of primary amides is 1. The molecule has 0 aliphatic carbocycles. The fourth-order valence-electron chi connectivity index (χ4n) is 2.37. The molecule has 0 spiro atoms. The zero-order valence-electron chi connectivity index (χ0n) is 21.6. The lowest BCUT2D eigenvalue weighted by Crippen LogP contribution is -2.19. The predicted molar refractivity (Wildman–Crippen MR) is 144 cm³/mol. The number of para-hydroxylation sites is 1. The van der Waals surface area contributed by atoms with Crippen LogP contribution in [0.5, 0.6) is 0 Å². The number of hydrogen-bond acceptors (Lipinski definition) is 8. The van der Waals surface area contributed by atoms with Crippen LogP contribution in [0, 0.1) is 5.82 Å². The molecule has 0 heterocycles. The molecular formula is C27H40FN3O6. The standard InChI is InChI=1S/C16H14FN3O.C8H18O5.C3H8/c17-12-8-6-11(7-9-12)15(18)14(16(19)21)10-20-13-4-2-1-3-5-13;9-1-3-11-5-7-13-8-6-12-4-2-10;1-3-2/h1-10H,18H2,(H2,19,21);9-10H,1-8H2;3H2,1-2H3/b15-14+,20-10?;;. The average molecular weight is 522 g/mol. The molecule has 0 aromatic heterocycles. The van der Waals surface area contributed by atoms with E-state index in [1.807, 2.05) is 18.2 Å². The van der Waals surface area contributed by atoms with Crippen LogP contribution < -0.4 is 11.5 Å². The summed E-state index contributed by atoms with van der Waals surface area (Å²) in [5, 5.41) is 16.7. The van der Waals surface area contributed by atoms with E-state index in [1.54, 1.807) is 12.1 Å². The minimum atomic E-state index is -0.698. The number of aliphatic hydroxyl groups excluding tert-OH is 2. The molecule has 0 fully saturated rings. The van der Waals surface area contributed by atoms with E-state index in [2.05, 4.69) is 18.8 Å². The van der Waals surface area contributed by atoms with Gasteiger partial charge in [0.05, 0.1) is 69.8 Å². The third kappa shape index (κ3) is 17.9. The first-order chi connectivity index (χ1) is 17.9. The molecule has 2 rings (SSSR count). The van der Waals surface area contributed by atoms with E-state index < -0.39 is 5.91 Å². The lowest BCUT2D eigenvalue weighted by Gasteiger charge is -2.05. The van der Waals surface area contributed by atoms with E-state index in [0.717, 1.165) is 0 Å². The van der Waals surface area contributed by atoms with Gasteiger partial charge in [-0.2, -0.15) is 0 Å². The minimum absolute atomic E-state index is 0.0413. The Hall–Kier alpha value is -3.15. The molecule has 0 aliphatic rings. The highest BCUT2D eigenvalue weighted by Gasteiger charge is 2.10. The van der Waals surface area contributed by atoms with E-state index in [1.165, 1.54) is 36.9 Å². The van der Waals surface area contributed by atoms with Crippen molar-refractivity contribution in [1.29, 1.82) is 0 Å². The molecule has 0 saturated heterocycles. The molecule has 206 valence electrons. The summed E-state index contributed by atoms with van der Waals surface area (Å²) in [5.74, 6) is -1.08. The van der Waals surface area contributed by atoms with Crippen molar-refractivity contribution in [2.75, 3.05) is 52.9 Å². The second-order valence-electron chi connectivity index (χ2n) is 7.28. The largest absolute Gasteiger partial charge is 0.398 e. The second-order valence-corrected chi connectivity index (χ2v) is 7.28. The summed E-state index contributed by atoms with van der Waals surface area (Å²) in [6.45, 7) is 7.01. The Bertz CT molecular complexity index is 883. The Labute approximate surface area is 218 Å². The minimum Gasteiger partial charge on any atom is -0.398 e. The van der Waals surface area contributed by atoms with Gasteiger partial charge in [0.25, 0.3) is 5.91 Å². The Morgan fingerprint density at radius 3 is 1.73 bits per heavy atom. The fourth-order valence-corrected chi connectivity index (χ4v) is 2.37. The average Bonchev–Trinajstić information content (AvgIpc) is 2.89. The number of benzene rings is 2. The van der Waals surface area contributed by atoms with E-state index in [4.69, 9.17) is 35.9 Å². The maximum Gasteiger partial charge on any atom is 0.252 e.